The summed E-state index contributed by atoms with van der Waals surface area (Å²) in [5.74, 6) is 4.75. The molecule has 2 aromatic rings. The molecule has 5 aliphatic rings. The number of nitrogens with zero attached hydrogens (tertiary/aromatic N) is 5. The average molecular weight is 392 g/mol. The second-order valence-corrected chi connectivity index (χ2v) is 9.80. The molecule has 1 amide bonds. The zero-order valence-electron chi connectivity index (χ0n) is 16.9. The Bertz CT molecular complexity index is 864. The minimum absolute atomic E-state index is 0.0204. The van der Waals surface area contributed by atoms with Gasteiger partial charge in [-0.2, -0.15) is 0 Å². The van der Waals surface area contributed by atoms with Crippen LogP contribution in [0.2, 0.25) is 0 Å². The molecule has 152 valence electrons. The van der Waals surface area contributed by atoms with Crippen LogP contribution in [-0.2, 0) is 4.79 Å². The van der Waals surface area contributed by atoms with E-state index in [0.29, 0.717) is 5.91 Å². The van der Waals surface area contributed by atoms with Crippen LogP contribution in [0.25, 0.3) is 5.82 Å². The molecule has 2 aromatic heterocycles. The number of carbonyl (C=O) groups is 1. The maximum Gasteiger partial charge on any atom is 0.228 e. The van der Waals surface area contributed by atoms with Crippen molar-refractivity contribution in [2.75, 3.05) is 31.1 Å². The maximum atomic E-state index is 13.6. The highest BCUT2D eigenvalue weighted by molar-refractivity contribution is 5.83. The van der Waals surface area contributed by atoms with E-state index in [1.165, 1.54) is 19.3 Å². The molecular weight excluding hydrogens is 362 g/mol. The van der Waals surface area contributed by atoms with Crippen LogP contribution in [0.3, 0.4) is 0 Å². The second kappa shape index (κ2) is 6.57. The van der Waals surface area contributed by atoms with E-state index in [1.807, 2.05) is 35.2 Å². The van der Waals surface area contributed by atoms with E-state index < -0.39 is 0 Å². The molecule has 0 aromatic carbocycles. The summed E-state index contributed by atoms with van der Waals surface area (Å²) < 4.78 is 2.00. The van der Waals surface area contributed by atoms with Crippen molar-refractivity contribution in [1.82, 2.24) is 19.4 Å². The Kier molecular flexibility index (Phi) is 3.96. The van der Waals surface area contributed by atoms with E-state index in [1.54, 1.807) is 6.33 Å². The third kappa shape index (κ3) is 2.95. The molecule has 5 fully saturated rings. The summed E-state index contributed by atoms with van der Waals surface area (Å²) in [4.78, 5) is 26.9. The van der Waals surface area contributed by atoms with Crippen molar-refractivity contribution >= 4 is 11.7 Å². The smallest absolute Gasteiger partial charge is 0.228 e. The largest absolute Gasteiger partial charge is 0.353 e. The van der Waals surface area contributed by atoms with Crippen LogP contribution < -0.4 is 4.90 Å². The van der Waals surface area contributed by atoms with E-state index in [0.717, 1.165) is 74.8 Å². The highest BCUT2D eigenvalue weighted by atomic mass is 16.2. The molecule has 6 nitrogen and oxygen atoms in total. The first kappa shape index (κ1) is 17.5. The van der Waals surface area contributed by atoms with Crippen molar-refractivity contribution in [3.05, 3.63) is 36.9 Å². The van der Waals surface area contributed by atoms with Crippen molar-refractivity contribution in [2.45, 2.75) is 38.5 Å². The van der Waals surface area contributed by atoms with Gasteiger partial charge in [-0.05, 0) is 68.4 Å². The number of aromatic nitrogens is 3. The predicted octanol–water partition coefficient (Wildman–Crippen LogP) is 3.13. The van der Waals surface area contributed by atoms with E-state index in [9.17, 15) is 4.79 Å². The van der Waals surface area contributed by atoms with Crippen LogP contribution in [-0.4, -0.2) is 51.5 Å². The zero-order valence-corrected chi connectivity index (χ0v) is 16.9. The van der Waals surface area contributed by atoms with Crippen LogP contribution in [0.4, 0.5) is 5.82 Å². The standard InChI is InChI=1S/C23H29N5O/c29-22(23-13-17-9-18(14-23)11-19(10-17)15-23)28-7-5-27(6-8-28)21-12-20(24-16-25-21)26-3-1-2-4-26/h1-4,12,16-19H,5-11,13-15H2. The van der Waals surface area contributed by atoms with Crippen LogP contribution in [0.5, 0.6) is 0 Å². The predicted molar refractivity (Wildman–Crippen MR) is 111 cm³/mol. The molecule has 6 heteroatoms. The van der Waals surface area contributed by atoms with Gasteiger partial charge in [-0.25, -0.2) is 9.97 Å². The monoisotopic (exact) mass is 391 g/mol. The minimum atomic E-state index is -0.0204. The number of piperazine rings is 1. The normalized spacial score (nSPS) is 33.3. The Balaban J connectivity index is 1.14. The third-order valence-corrected chi connectivity index (χ3v) is 7.89. The highest BCUT2D eigenvalue weighted by Crippen LogP contribution is 2.60. The number of rotatable bonds is 3. The average Bonchev–Trinajstić information content (AvgIpc) is 3.28. The van der Waals surface area contributed by atoms with Gasteiger partial charge in [0.2, 0.25) is 5.91 Å². The summed E-state index contributed by atoms with van der Waals surface area (Å²) in [6, 6.07) is 6.03. The van der Waals surface area contributed by atoms with Crippen LogP contribution in [0, 0.1) is 23.2 Å². The summed E-state index contributed by atoms with van der Waals surface area (Å²) in [5, 5.41) is 0. The van der Waals surface area contributed by atoms with Gasteiger partial charge in [0.1, 0.15) is 18.0 Å². The van der Waals surface area contributed by atoms with Crippen molar-refractivity contribution in [2.24, 2.45) is 23.2 Å². The molecule has 3 heterocycles. The lowest BCUT2D eigenvalue weighted by Gasteiger charge is -2.57. The molecule has 0 N–H and O–H groups in total. The van der Waals surface area contributed by atoms with Gasteiger partial charge < -0.3 is 14.4 Å². The van der Waals surface area contributed by atoms with E-state index in [4.69, 9.17) is 0 Å². The van der Waals surface area contributed by atoms with Gasteiger partial charge in [-0.15, -0.1) is 0 Å². The first-order valence-electron chi connectivity index (χ1n) is 11.2. The lowest BCUT2D eigenvalue weighted by molar-refractivity contribution is -0.158. The van der Waals surface area contributed by atoms with Gasteiger partial charge in [0, 0.05) is 44.6 Å². The SMILES string of the molecule is O=C(N1CCN(c2cc(-n3cccc3)ncn2)CC1)C12CC3CC(CC(C3)C1)C2. The van der Waals surface area contributed by atoms with Crippen LogP contribution in [0.1, 0.15) is 38.5 Å². The second-order valence-electron chi connectivity index (χ2n) is 9.80. The Hall–Kier alpha value is -2.37. The Morgan fingerprint density at radius 2 is 1.45 bits per heavy atom. The van der Waals surface area contributed by atoms with Crippen molar-refractivity contribution in [1.29, 1.82) is 0 Å². The Morgan fingerprint density at radius 1 is 0.862 bits per heavy atom. The van der Waals surface area contributed by atoms with Gasteiger partial charge in [-0.3, -0.25) is 4.79 Å². The summed E-state index contributed by atoms with van der Waals surface area (Å²) in [7, 11) is 0. The van der Waals surface area contributed by atoms with Crippen LogP contribution >= 0.6 is 0 Å². The van der Waals surface area contributed by atoms with Crippen molar-refractivity contribution < 1.29 is 4.79 Å². The fourth-order valence-corrected chi connectivity index (χ4v) is 6.99. The minimum Gasteiger partial charge on any atom is -0.353 e. The van der Waals surface area contributed by atoms with Gasteiger partial charge >= 0.3 is 0 Å². The molecular formula is C23H29N5O. The number of hydrogen-bond donors (Lipinski definition) is 0. The number of hydrogen-bond acceptors (Lipinski definition) is 4. The van der Waals surface area contributed by atoms with Crippen molar-refractivity contribution in [3.63, 3.8) is 0 Å². The third-order valence-electron chi connectivity index (χ3n) is 7.89. The summed E-state index contributed by atoms with van der Waals surface area (Å²) in [6.45, 7) is 3.31. The molecule has 0 atom stereocenters. The molecule has 4 saturated carbocycles. The highest BCUT2D eigenvalue weighted by Gasteiger charge is 2.55. The molecule has 0 radical (unpaired) electrons. The first-order valence-corrected chi connectivity index (χ1v) is 11.2. The molecule has 4 aliphatic carbocycles. The summed E-state index contributed by atoms with van der Waals surface area (Å²) in [6.07, 6.45) is 13.3. The first-order chi connectivity index (χ1) is 14.2. The topological polar surface area (TPSA) is 54.3 Å². The van der Waals surface area contributed by atoms with E-state index >= 15 is 0 Å². The quantitative estimate of drug-likeness (QED) is 0.807. The Labute approximate surface area is 171 Å². The summed E-state index contributed by atoms with van der Waals surface area (Å²) >= 11 is 0. The fourth-order valence-electron chi connectivity index (χ4n) is 6.99. The molecule has 0 unspecified atom stereocenters. The van der Waals surface area contributed by atoms with Gasteiger partial charge in [0.25, 0.3) is 0 Å². The fraction of sp³-hybridized carbons (Fsp3) is 0.609. The lowest BCUT2D eigenvalue weighted by atomic mass is 9.49. The molecule has 1 aliphatic heterocycles. The molecule has 29 heavy (non-hydrogen) atoms. The van der Waals surface area contributed by atoms with E-state index in [2.05, 4.69) is 19.8 Å². The van der Waals surface area contributed by atoms with Crippen molar-refractivity contribution in [3.8, 4) is 5.82 Å². The van der Waals surface area contributed by atoms with Gasteiger partial charge in [0.15, 0.2) is 0 Å². The van der Waals surface area contributed by atoms with E-state index in [-0.39, 0.29) is 5.41 Å². The van der Waals surface area contributed by atoms with Gasteiger partial charge in [-0.1, -0.05) is 0 Å². The number of anilines is 1. The van der Waals surface area contributed by atoms with Gasteiger partial charge in [0.05, 0.1) is 5.41 Å². The maximum absolute atomic E-state index is 13.6. The zero-order chi connectivity index (χ0) is 19.4. The van der Waals surface area contributed by atoms with Crippen LogP contribution in [0.15, 0.2) is 36.9 Å². The molecule has 7 rings (SSSR count). The molecule has 4 bridgehead atoms. The number of amides is 1. The lowest BCUT2D eigenvalue weighted by Crippen LogP contribution is -2.58. The number of carbonyl (C=O) groups excluding carboxylic acids is 1. The summed E-state index contributed by atoms with van der Waals surface area (Å²) in [5.41, 5.74) is -0.0204. The molecule has 0 spiro atoms. The Morgan fingerprint density at radius 3 is 2.07 bits per heavy atom. The molecule has 1 saturated heterocycles.